The highest BCUT2D eigenvalue weighted by molar-refractivity contribution is 8.16. The van der Waals surface area contributed by atoms with Gasteiger partial charge >= 0.3 is 5.97 Å². The molecule has 1 aliphatic rings. The first-order chi connectivity index (χ1) is 12.6. The Morgan fingerprint density at radius 2 is 1.69 bits per heavy atom. The second-order valence-corrected chi connectivity index (χ2v) is 8.43. The van der Waals surface area contributed by atoms with E-state index in [0.717, 1.165) is 0 Å². The van der Waals surface area contributed by atoms with Crippen LogP contribution in [0.2, 0.25) is 0 Å². The molecule has 7 heteroatoms. The van der Waals surface area contributed by atoms with Crippen LogP contribution in [0.4, 0.5) is 5.69 Å². The minimum absolute atomic E-state index is 0.181. The summed E-state index contributed by atoms with van der Waals surface area (Å²) in [7, 11) is 0. The van der Waals surface area contributed by atoms with Crippen LogP contribution in [0.25, 0.3) is 0 Å². The molecule has 0 saturated carbocycles. The number of rotatable bonds is 6. The minimum Gasteiger partial charge on any atom is -0.482 e. The van der Waals surface area contributed by atoms with Gasteiger partial charge in [0.2, 0.25) is 0 Å². The minimum atomic E-state index is -1.03. The van der Waals surface area contributed by atoms with Crippen LogP contribution >= 0.6 is 23.5 Å². The summed E-state index contributed by atoms with van der Waals surface area (Å²) in [4.78, 5) is 22.9. The van der Waals surface area contributed by atoms with Gasteiger partial charge in [0.1, 0.15) is 5.75 Å². The van der Waals surface area contributed by atoms with Gasteiger partial charge in [0.15, 0.2) is 6.61 Å². The van der Waals surface area contributed by atoms with E-state index in [9.17, 15) is 9.59 Å². The zero-order valence-electron chi connectivity index (χ0n) is 14.0. The average Bonchev–Trinajstić information content (AvgIpc) is 2.68. The molecular weight excluding hydrogens is 370 g/mol. The number of thioether (sulfide) groups is 2. The van der Waals surface area contributed by atoms with Gasteiger partial charge in [-0.2, -0.15) is 0 Å². The number of nitrogens with one attached hydrogen (secondary N) is 1. The van der Waals surface area contributed by atoms with E-state index in [1.807, 2.05) is 47.8 Å². The normalized spacial score (nSPS) is 14.6. The highest BCUT2D eigenvalue weighted by Gasteiger charge is 2.17. The zero-order valence-corrected chi connectivity index (χ0v) is 15.6. The lowest BCUT2D eigenvalue weighted by atomic mass is 10.1. The Hall–Kier alpha value is -2.12. The first-order valence-corrected chi connectivity index (χ1v) is 10.3. The van der Waals surface area contributed by atoms with Crippen molar-refractivity contribution in [2.75, 3.05) is 23.4 Å². The Labute approximate surface area is 160 Å². The molecule has 1 aliphatic heterocycles. The van der Waals surface area contributed by atoms with Crippen molar-refractivity contribution in [2.45, 2.75) is 11.0 Å². The molecule has 1 amide bonds. The molecule has 0 atom stereocenters. The van der Waals surface area contributed by atoms with E-state index in [1.165, 1.54) is 23.5 Å². The topological polar surface area (TPSA) is 75.6 Å². The molecule has 2 N–H and O–H groups in total. The number of carbonyl (C=O) groups is 2. The third-order valence-electron chi connectivity index (χ3n) is 3.75. The molecule has 136 valence electrons. The summed E-state index contributed by atoms with van der Waals surface area (Å²) in [5.41, 5.74) is 2.47. The highest BCUT2D eigenvalue weighted by Crippen LogP contribution is 2.43. The first kappa shape index (κ1) is 18.7. The van der Waals surface area contributed by atoms with Crippen LogP contribution in [0.1, 0.15) is 26.9 Å². The summed E-state index contributed by atoms with van der Waals surface area (Å²) in [5.74, 6) is 1.60. The molecule has 2 aromatic rings. The van der Waals surface area contributed by atoms with Crippen LogP contribution in [0, 0.1) is 0 Å². The highest BCUT2D eigenvalue weighted by atomic mass is 32.2. The molecule has 2 aromatic carbocycles. The predicted octanol–water partition coefficient (Wildman–Crippen LogP) is 4.27. The van der Waals surface area contributed by atoms with Crippen molar-refractivity contribution in [3.63, 3.8) is 0 Å². The summed E-state index contributed by atoms with van der Waals surface area (Å²) < 4.78 is 5.52. The Bertz CT molecular complexity index is 756. The van der Waals surface area contributed by atoms with Crippen LogP contribution in [-0.2, 0) is 4.79 Å². The molecule has 1 fully saturated rings. The number of aliphatic carboxylic acids is 1. The van der Waals surface area contributed by atoms with Gasteiger partial charge in [-0.25, -0.2) is 4.79 Å². The van der Waals surface area contributed by atoms with E-state index in [4.69, 9.17) is 9.84 Å². The average molecular weight is 389 g/mol. The lowest BCUT2D eigenvalue weighted by molar-refractivity contribution is -0.139. The number of hydrogen-bond acceptors (Lipinski definition) is 5. The standard InChI is InChI=1S/C19H19NO4S2/c21-17(22)12-24-16-8-6-15(7-9-16)20-18(23)13-2-4-14(5-3-13)19-25-10-1-11-26-19/h2-9,19H,1,10-12H2,(H,20,23)(H,21,22). The van der Waals surface area contributed by atoms with Crippen molar-refractivity contribution in [3.8, 4) is 5.75 Å². The SMILES string of the molecule is O=C(O)COc1ccc(NC(=O)c2ccc(C3SCCCS3)cc2)cc1. The fourth-order valence-electron chi connectivity index (χ4n) is 2.45. The molecule has 1 saturated heterocycles. The monoisotopic (exact) mass is 389 g/mol. The van der Waals surface area contributed by atoms with Gasteiger partial charge in [-0.05, 0) is 59.9 Å². The van der Waals surface area contributed by atoms with E-state index in [0.29, 0.717) is 21.6 Å². The Morgan fingerprint density at radius 1 is 1.04 bits per heavy atom. The molecule has 0 spiro atoms. The summed E-state index contributed by atoms with van der Waals surface area (Å²) in [5, 5.41) is 11.4. The Kier molecular flexibility index (Phi) is 6.46. The number of ether oxygens (including phenoxy) is 1. The Balaban J connectivity index is 1.58. The van der Waals surface area contributed by atoms with Gasteiger partial charge in [0.05, 0.1) is 4.58 Å². The van der Waals surface area contributed by atoms with Crippen molar-refractivity contribution in [2.24, 2.45) is 0 Å². The summed E-state index contributed by atoms with van der Waals surface area (Å²) in [6.45, 7) is -0.393. The smallest absolute Gasteiger partial charge is 0.341 e. The van der Waals surface area contributed by atoms with E-state index < -0.39 is 12.6 Å². The molecule has 0 radical (unpaired) electrons. The van der Waals surface area contributed by atoms with E-state index in [1.54, 1.807) is 24.3 Å². The van der Waals surface area contributed by atoms with E-state index >= 15 is 0 Å². The largest absolute Gasteiger partial charge is 0.482 e. The first-order valence-electron chi connectivity index (χ1n) is 8.21. The number of hydrogen-bond donors (Lipinski definition) is 2. The van der Waals surface area contributed by atoms with Crippen LogP contribution in [0.3, 0.4) is 0 Å². The van der Waals surface area contributed by atoms with Gasteiger partial charge < -0.3 is 15.2 Å². The zero-order chi connectivity index (χ0) is 18.4. The van der Waals surface area contributed by atoms with Crippen molar-refractivity contribution < 1.29 is 19.4 Å². The van der Waals surface area contributed by atoms with E-state index in [-0.39, 0.29) is 5.91 Å². The van der Waals surface area contributed by atoms with Gasteiger partial charge in [0, 0.05) is 11.3 Å². The molecule has 0 bridgehead atoms. The summed E-state index contributed by atoms with van der Waals surface area (Å²) in [6.07, 6.45) is 1.26. The molecule has 1 heterocycles. The lowest BCUT2D eigenvalue weighted by Crippen LogP contribution is -2.12. The number of anilines is 1. The molecule has 0 unspecified atom stereocenters. The summed E-state index contributed by atoms with van der Waals surface area (Å²) >= 11 is 3.91. The molecular formula is C19H19NO4S2. The van der Waals surface area contributed by atoms with Crippen LogP contribution in [0.15, 0.2) is 48.5 Å². The summed E-state index contributed by atoms with van der Waals surface area (Å²) in [6, 6.07) is 14.4. The van der Waals surface area contributed by atoms with Crippen molar-refractivity contribution in [1.29, 1.82) is 0 Å². The molecule has 0 aromatic heterocycles. The van der Waals surface area contributed by atoms with Crippen molar-refractivity contribution in [1.82, 2.24) is 0 Å². The lowest BCUT2D eigenvalue weighted by Gasteiger charge is -2.21. The quantitative estimate of drug-likeness (QED) is 0.768. The predicted molar refractivity (Wildman–Crippen MR) is 106 cm³/mol. The second kappa shape index (κ2) is 9.00. The third-order valence-corrected chi connectivity index (χ3v) is 6.76. The fourth-order valence-corrected chi connectivity index (χ4v) is 5.35. The van der Waals surface area contributed by atoms with Crippen molar-refractivity contribution in [3.05, 3.63) is 59.7 Å². The van der Waals surface area contributed by atoms with Gasteiger partial charge in [0.25, 0.3) is 5.91 Å². The van der Waals surface area contributed by atoms with Gasteiger partial charge in [-0.3, -0.25) is 4.79 Å². The fraction of sp³-hybridized carbons (Fsp3) is 0.263. The van der Waals surface area contributed by atoms with Crippen LogP contribution < -0.4 is 10.1 Å². The number of carboxylic acid groups (broad SMARTS) is 1. The molecule has 0 aliphatic carbocycles. The molecule has 5 nitrogen and oxygen atoms in total. The van der Waals surface area contributed by atoms with Gasteiger partial charge in [-0.1, -0.05) is 12.1 Å². The maximum atomic E-state index is 12.4. The number of carbonyl (C=O) groups excluding carboxylic acids is 1. The number of amides is 1. The van der Waals surface area contributed by atoms with Crippen LogP contribution in [-0.4, -0.2) is 35.1 Å². The number of benzene rings is 2. The van der Waals surface area contributed by atoms with E-state index in [2.05, 4.69) is 5.32 Å². The molecule has 3 rings (SSSR count). The second-order valence-electron chi connectivity index (χ2n) is 5.71. The maximum absolute atomic E-state index is 12.4. The maximum Gasteiger partial charge on any atom is 0.341 e. The van der Waals surface area contributed by atoms with Crippen molar-refractivity contribution >= 4 is 41.1 Å². The third kappa shape index (κ3) is 5.19. The molecule has 26 heavy (non-hydrogen) atoms. The number of carboxylic acids is 1. The van der Waals surface area contributed by atoms with Gasteiger partial charge in [-0.15, -0.1) is 23.5 Å². The Morgan fingerprint density at radius 3 is 2.31 bits per heavy atom. The van der Waals surface area contributed by atoms with Crippen LogP contribution in [0.5, 0.6) is 5.75 Å².